The summed E-state index contributed by atoms with van der Waals surface area (Å²) in [5, 5.41) is 8.40. The number of nitrogens with one attached hydrogen (secondary N) is 1. The van der Waals surface area contributed by atoms with Gasteiger partial charge in [-0.1, -0.05) is 43.0 Å². The average Bonchev–Trinajstić information content (AvgIpc) is 2.83. The van der Waals surface area contributed by atoms with Crippen molar-refractivity contribution in [2.24, 2.45) is 5.92 Å². The number of nitrogens with zero attached hydrogens (tertiary/aromatic N) is 3. The molecule has 1 atom stereocenters. The van der Waals surface area contributed by atoms with Crippen LogP contribution in [0.15, 0.2) is 65.7 Å². The highest BCUT2D eigenvalue weighted by molar-refractivity contribution is 6.30. The number of hydrogen-bond donors (Lipinski definition) is 1. The van der Waals surface area contributed by atoms with Gasteiger partial charge in [0.05, 0.1) is 5.69 Å². The summed E-state index contributed by atoms with van der Waals surface area (Å²) in [4.78, 5) is 31.0. The lowest BCUT2D eigenvalue weighted by Gasteiger charge is -2.44. The summed E-state index contributed by atoms with van der Waals surface area (Å²) in [6, 6.07) is 14.1. The van der Waals surface area contributed by atoms with E-state index in [1.54, 1.807) is 30.6 Å². The van der Waals surface area contributed by atoms with E-state index in [4.69, 9.17) is 21.4 Å². The molecule has 0 saturated heterocycles. The van der Waals surface area contributed by atoms with Crippen LogP contribution in [0, 0.1) is 5.92 Å². The Morgan fingerprint density at radius 1 is 1.09 bits per heavy atom. The third-order valence-corrected chi connectivity index (χ3v) is 6.48. The molecule has 3 aromatic rings. The molecule has 184 valence electrons. The van der Waals surface area contributed by atoms with Crippen molar-refractivity contribution >= 4 is 17.7 Å². The number of pyridine rings is 1. The van der Waals surface area contributed by atoms with Crippen LogP contribution in [0.25, 0.3) is 11.3 Å². The van der Waals surface area contributed by atoms with Crippen LogP contribution in [-0.2, 0) is 10.4 Å². The number of aromatic nitrogens is 3. The van der Waals surface area contributed by atoms with Crippen LogP contribution >= 0.6 is 11.6 Å². The predicted octanol–water partition coefficient (Wildman–Crippen LogP) is 5.76. The van der Waals surface area contributed by atoms with Gasteiger partial charge in [-0.3, -0.25) is 15.1 Å². The number of amides is 1. The molecule has 2 heterocycles. The number of hydrogen-bond acceptors (Lipinski definition) is 5. The molecule has 8 heteroatoms. The SMILES string of the molecule is CC(C)(C)OC(=O)NC(c1cccc(Cl)c1)(C1CCCCC1)n1nc(-c2cccnc2)ccc1=O. The molecule has 2 aromatic heterocycles. The first-order chi connectivity index (χ1) is 16.7. The van der Waals surface area contributed by atoms with Gasteiger partial charge in [-0.15, -0.1) is 0 Å². The average molecular weight is 495 g/mol. The number of ether oxygens (including phenoxy) is 1. The van der Waals surface area contributed by atoms with Crippen molar-refractivity contribution in [1.29, 1.82) is 0 Å². The van der Waals surface area contributed by atoms with E-state index >= 15 is 0 Å². The van der Waals surface area contributed by atoms with Gasteiger partial charge in [0.1, 0.15) is 5.60 Å². The lowest BCUT2D eigenvalue weighted by molar-refractivity contribution is 0.0281. The maximum atomic E-state index is 13.5. The van der Waals surface area contributed by atoms with Crippen LogP contribution in [-0.4, -0.2) is 26.5 Å². The van der Waals surface area contributed by atoms with Gasteiger partial charge in [0.2, 0.25) is 0 Å². The highest BCUT2D eigenvalue weighted by Crippen LogP contribution is 2.41. The summed E-state index contributed by atoms with van der Waals surface area (Å²) < 4.78 is 7.08. The Balaban J connectivity index is 1.97. The van der Waals surface area contributed by atoms with Crippen molar-refractivity contribution < 1.29 is 9.53 Å². The zero-order chi connectivity index (χ0) is 25.1. The largest absolute Gasteiger partial charge is 0.444 e. The topological polar surface area (TPSA) is 86.1 Å². The van der Waals surface area contributed by atoms with Gasteiger partial charge < -0.3 is 4.74 Å². The first-order valence-electron chi connectivity index (χ1n) is 12.0. The number of carbonyl (C=O) groups excluding carboxylic acids is 1. The second-order valence-corrected chi connectivity index (χ2v) is 10.4. The number of rotatable bonds is 5. The number of benzene rings is 1. The highest BCUT2D eigenvalue weighted by Gasteiger charge is 2.47. The van der Waals surface area contributed by atoms with Crippen LogP contribution in [0.4, 0.5) is 4.79 Å². The van der Waals surface area contributed by atoms with Gasteiger partial charge in [0.15, 0.2) is 5.66 Å². The van der Waals surface area contributed by atoms with Gasteiger partial charge >= 0.3 is 6.09 Å². The fourth-order valence-electron chi connectivity index (χ4n) is 4.80. The molecule has 4 rings (SSSR count). The van der Waals surface area contributed by atoms with Crippen LogP contribution in [0.2, 0.25) is 5.02 Å². The van der Waals surface area contributed by atoms with Crippen LogP contribution in [0.1, 0.15) is 58.4 Å². The number of carbonyl (C=O) groups is 1. The Morgan fingerprint density at radius 3 is 2.51 bits per heavy atom. The lowest BCUT2D eigenvalue weighted by Crippen LogP contribution is -2.61. The van der Waals surface area contributed by atoms with Gasteiger partial charge in [0, 0.05) is 40.5 Å². The van der Waals surface area contributed by atoms with Crippen molar-refractivity contribution in [1.82, 2.24) is 20.1 Å². The van der Waals surface area contributed by atoms with E-state index in [2.05, 4.69) is 10.3 Å². The molecule has 35 heavy (non-hydrogen) atoms. The molecule has 7 nitrogen and oxygen atoms in total. The number of alkyl carbamates (subject to hydrolysis) is 1. The zero-order valence-corrected chi connectivity index (χ0v) is 21.1. The fourth-order valence-corrected chi connectivity index (χ4v) is 4.99. The van der Waals surface area contributed by atoms with E-state index in [9.17, 15) is 9.59 Å². The van der Waals surface area contributed by atoms with E-state index in [1.165, 1.54) is 10.7 Å². The molecule has 1 amide bonds. The zero-order valence-electron chi connectivity index (χ0n) is 20.3. The quantitative estimate of drug-likeness (QED) is 0.487. The molecule has 1 N–H and O–H groups in total. The third-order valence-electron chi connectivity index (χ3n) is 6.24. The standard InChI is InChI=1S/C27H31ClN4O3/c1-26(2,3)35-25(34)30-27(20-10-5-4-6-11-20,21-12-7-13-22(28)17-21)32-24(33)15-14-23(31-32)19-9-8-16-29-18-19/h7-9,12-18,20H,4-6,10-11H2,1-3H3,(H,30,34). The smallest absolute Gasteiger partial charge is 0.409 e. The minimum atomic E-state index is -1.29. The highest BCUT2D eigenvalue weighted by atomic mass is 35.5. The second-order valence-electron chi connectivity index (χ2n) is 9.95. The van der Waals surface area contributed by atoms with Crippen molar-refractivity contribution in [2.75, 3.05) is 0 Å². The third kappa shape index (κ3) is 5.56. The van der Waals surface area contributed by atoms with Gasteiger partial charge in [-0.25, -0.2) is 4.79 Å². The normalized spacial score (nSPS) is 16.3. The molecule has 0 spiro atoms. The maximum Gasteiger partial charge on any atom is 0.409 e. The van der Waals surface area contributed by atoms with Crippen molar-refractivity contribution in [3.05, 3.63) is 81.9 Å². The monoisotopic (exact) mass is 494 g/mol. The first-order valence-corrected chi connectivity index (χ1v) is 12.4. The molecular formula is C27H31ClN4O3. The van der Waals surface area contributed by atoms with E-state index in [0.29, 0.717) is 16.3 Å². The van der Waals surface area contributed by atoms with Crippen molar-refractivity contribution in [3.8, 4) is 11.3 Å². The first kappa shape index (κ1) is 24.9. The predicted molar refractivity (Wildman–Crippen MR) is 136 cm³/mol. The Kier molecular flexibility index (Phi) is 7.26. The summed E-state index contributed by atoms with van der Waals surface area (Å²) in [6.45, 7) is 5.42. The summed E-state index contributed by atoms with van der Waals surface area (Å²) in [6.07, 6.45) is 7.46. The van der Waals surface area contributed by atoms with E-state index in [-0.39, 0.29) is 11.5 Å². The lowest BCUT2D eigenvalue weighted by atomic mass is 9.76. The molecule has 1 saturated carbocycles. The second kappa shape index (κ2) is 10.2. The summed E-state index contributed by atoms with van der Waals surface area (Å²) in [7, 11) is 0. The molecule has 1 fully saturated rings. The minimum absolute atomic E-state index is 0.100. The molecule has 1 aliphatic carbocycles. The maximum absolute atomic E-state index is 13.5. The molecular weight excluding hydrogens is 464 g/mol. The van der Waals surface area contributed by atoms with Crippen molar-refractivity contribution in [3.63, 3.8) is 0 Å². The van der Waals surface area contributed by atoms with E-state index in [0.717, 1.165) is 37.7 Å². The van der Waals surface area contributed by atoms with E-state index in [1.807, 2.05) is 45.0 Å². The van der Waals surface area contributed by atoms with Crippen LogP contribution in [0.5, 0.6) is 0 Å². The summed E-state index contributed by atoms with van der Waals surface area (Å²) >= 11 is 6.43. The minimum Gasteiger partial charge on any atom is -0.444 e. The Labute approximate surface area is 210 Å². The Morgan fingerprint density at radius 2 is 1.86 bits per heavy atom. The molecule has 1 aromatic carbocycles. The van der Waals surface area contributed by atoms with Gasteiger partial charge in [-0.2, -0.15) is 9.78 Å². The molecule has 1 unspecified atom stereocenters. The van der Waals surface area contributed by atoms with Gasteiger partial charge in [0.25, 0.3) is 5.56 Å². The fraction of sp³-hybridized carbons (Fsp3) is 0.407. The van der Waals surface area contributed by atoms with Crippen molar-refractivity contribution in [2.45, 2.75) is 64.1 Å². The molecule has 0 aliphatic heterocycles. The van der Waals surface area contributed by atoms with Crippen LogP contribution in [0.3, 0.4) is 0 Å². The summed E-state index contributed by atoms with van der Waals surface area (Å²) in [5.74, 6) is -0.100. The van der Waals surface area contributed by atoms with Crippen LogP contribution < -0.4 is 10.9 Å². The Hall–Kier alpha value is -3.19. The molecule has 1 aliphatic rings. The molecule has 0 radical (unpaired) electrons. The number of halogens is 1. The Bertz CT molecular complexity index is 1230. The van der Waals surface area contributed by atoms with Gasteiger partial charge in [-0.05, 0) is 63.9 Å². The van der Waals surface area contributed by atoms with E-state index < -0.39 is 17.4 Å². The summed E-state index contributed by atoms with van der Waals surface area (Å²) in [5.41, 5.74) is -0.316. The molecule has 0 bridgehead atoms.